The topological polar surface area (TPSA) is 26.3 Å². The van der Waals surface area contributed by atoms with Gasteiger partial charge in [-0.15, -0.1) is 6.58 Å². The number of carbonyl (C=O) groups is 1. The van der Waals surface area contributed by atoms with E-state index in [0.29, 0.717) is 5.57 Å². The highest BCUT2D eigenvalue weighted by atomic mass is 16.5. The number of hydrogen-bond donors (Lipinski definition) is 0. The van der Waals surface area contributed by atoms with Crippen LogP contribution in [-0.2, 0) is 9.53 Å². The summed E-state index contributed by atoms with van der Waals surface area (Å²) < 4.78 is 4.88. The van der Waals surface area contributed by atoms with E-state index in [1.54, 1.807) is 12.2 Å². The van der Waals surface area contributed by atoms with Gasteiger partial charge in [-0.2, -0.15) is 0 Å². The summed E-state index contributed by atoms with van der Waals surface area (Å²) in [7, 11) is 0. The Kier molecular flexibility index (Phi) is 2.71. The summed E-state index contributed by atoms with van der Waals surface area (Å²) in [5.41, 5.74) is 0.350. The molecule has 0 unspecified atom stereocenters. The van der Waals surface area contributed by atoms with Crippen LogP contribution in [0.2, 0.25) is 0 Å². The zero-order valence-electron chi connectivity index (χ0n) is 7.71. The second kappa shape index (κ2) is 3.60. The van der Waals surface area contributed by atoms with Gasteiger partial charge in [-0.3, -0.25) is 0 Å². The summed E-state index contributed by atoms with van der Waals surface area (Å²) in [6.45, 7) is 11.1. The molecule has 1 aliphatic carbocycles. The summed E-state index contributed by atoms with van der Waals surface area (Å²) in [5.74, 6) is -0.336. The number of carbonyl (C=O) groups excluding carboxylic acids is 1. The van der Waals surface area contributed by atoms with Crippen LogP contribution in [0.25, 0.3) is 0 Å². The van der Waals surface area contributed by atoms with Gasteiger partial charge in [0.15, 0.2) is 0 Å². The Bertz CT molecular complexity index is 259. The molecule has 13 heavy (non-hydrogen) atoms. The molecule has 0 aromatic rings. The van der Waals surface area contributed by atoms with Crippen molar-refractivity contribution in [1.82, 2.24) is 0 Å². The second-order valence-corrected chi connectivity index (χ2v) is 3.23. The first-order chi connectivity index (χ1) is 6.16. The molecule has 0 heterocycles. The molecule has 0 bridgehead atoms. The van der Waals surface area contributed by atoms with Crippen molar-refractivity contribution in [3.05, 3.63) is 37.5 Å². The van der Waals surface area contributed by atoms with Gasteiger partial charge in [0.2, 0.25) is 0 Å². The standard InChI is InChI=1S/C11H14O2/c1-4-8-13-10(12)9(3)11(5-2)6-7-11/h4-5H,1-3,6-8H2. The Morgan fingerprint density at radius 2 is 2.08 bits per heavy atom. The summed E-state index contributed by atoms with van der Waals surface area (Å²) in [5, 5.41) is 0. The lowest BCUT2D eigenvalue weighted by molar-refractivity contribution is -0.138. The van der Waals surface area contributed by atoms with Gasteiger partial charge < -0.3 is 4.74 Å². The molecule has 70 valence electrons. The molecule has 0 atom stereocenters. The molecular weight excluding hydrogens is 164 g/mol. The minimum Gasteiger partial charge on any atom is -0.458 e. The maximum absolute atomic E-state index is 11.3. The van der Waals surface area contributed by atoms with E-state index in [1.807, 2.05) is 0 Å². The minimum atomic E-state index is -0.336. The molecule has 0 aromatic heterocycles. The molecule has 1 fully saturated rings. The number of ether oxygens (including phenoxy) is 1. The zero-order chi connectivity index (χ0) is 9.90. The fourth-order valence-electron chi connectivity index (χ4n) is 1.19. The van der Waals surface area contributed by atoms with Crippen molar-refractivity contribution in [3.63, 3.8) is 0 Å². The highest BCUT2D eigenvalue weighted by molar-refractivity contribution is 5.90. The van der Waals surface area contributed by atoms with E-state index >= 15 is 0 Å². The van der Waals surface area contributed by atoms with Crippen LogP contribution in [0.15, 0.2) is 37.5 Å². The van der Waals surface area contributed by atoms with Crippen molar-refractivity contribution >= 4 is 5.97 Å². The molecule has 0 aliphatic heterocycles. The van der Waals surface area contributed by atoms with Gasteiger partial charge >= 0.3 is 5.97 Å². The smallest absolute Gasteiger partial charge is 0.334 e. The van der Waals surface area contributed by atoms with Crippen LogP contribution < -0.4 is 0 Å². The Morgan fingerprint density at radius 3 is 2.46 bits per heavy atom. The van der Waals surface area contributed by atoms with Crippen LogP contribution in [0.3, 0.4) is 0 Å². The van der Waals surface area contributed by atoms with Crippen LogP contribution in [0.5, 0.6) is 0 Å². The molecule has 0 aromatic carbocycles. The van der Waals surface area contributed by atoms with Crippen molar-refractivity contribution in [3.8, 4) is 0 Å². The quantitative estimate of drug-likeness (QED) is 0.366. The lowest BCUT2D eigenvalue weighted by atomic mass is 9.98. The monoisotopic (exact) mass is 178 g/mol. The predicted molar refractivity (Wildman–Crippen MR) is 52.2 cm³/mol. The van der Waals surface area contributed by atoms with Gasteiger partial charge in [0, 0.05) is 11.0 Å². The van der Waals surface area contributed by atoms with Crippen LogP contribution in [0.1, 0.15) is 12.8 Å². The Hall–Kier alpha value is -1.31. The molecule has 2 heteroatoms. The maximum atomic E-state index is 11.3. The molecule has 1 aliphatic rings. The van der Waals surface area contributed by atoms with Crippen molar-refractivity contribution in [2.45, 2.75) is 12.8 Å². The van der Waals surface area contributed by atoms with E-state index in [1.165, 1.54) is 0 Å². The fourth-order valence-corrected chi connectivity index (χ4v) is 1.19. The van der Waals surface area contributed by atoms with Gasteiger partial charge in [0.1, 0.15) is 6.61 Å². The van der Waals surface area contributed by atoms with Crippen molar-refractivity contribution in [1.29, 1.82) is 0 Å². The first-order valence-corrected chi connectivity index (χ1v) is 4.27. The third-order valence-corrected chi connectivity index (χ3v) is 2.36. The van der Waals surface area contributed by atoms with E-state index in [-0.39, 0.29) is 18.0 Å². The number of esters is 1. The summed E-state index contributed by atoms with van der Waals surface area (Å²) >= 11 is 0. The average Bonchev–Trinajstić information content (AvgIpc) is 2.93. The Balaban J connectivity index is 2.52. The second-order valence-electron chi connectivity index (χ2n) is 3.23. The van der Waals surface area contributed by atoms with Gasteiger partial charge in [-0.25, -0.2) is 4.79 Å². The van der Waals surface area contributed by atoms with Crippen LogP contribution in [0, 0.1) is 5.41 Å². The number of rotatable bonds is 5. The van der Waals surface area contributed by atoms with Crippen LogP contribution in [-0.4, -0.2) is 12.6 Å². The lowest BCUT2D eigenvalue weighted by Crippen LogP contribution is -2.14. The third kappa shape index (κ3) is 1.89. The number of allylic oxidation sites excluding steroid dienone is 1. The van der Waals surface area contributed by atoms with Crippen LogP contribution in [0.4, 0.5) is 0 Å². The van der Waals surface area contributed by atoms with Crippen molar-refractivity contribution in [2.75, 3.05) is 6.61 Å². The van der Waals surface area contributed by atoms with Gasteiger partial charge in [-0.05, 0) is 12.8 Å². The summed E-state index contributed by atoms with van der Waals surface area (Å²) in [4.78, 5) is 11.3. The van der Waals surface area contributed by atoms with E-state index in [2.05, 4.69) is 19.7 Å². The highest BCUT2D eigenvalue weighted by Gasteiger charge is 2.45. The third-order valence-electron chi connectivity index (χ3n) is 2.36. The zero-order valence-corrected chi connectivity index (χ0v) is 7.71. The van der Waals surface area contributed by atoms with Crippen LogP contribution >= 0.6 is 0 Å². The van der Waals surface area contributed by atoms with Gasteiger partial charge in [-0.1, -0.05) is 25.3 Å². The van der Waals surface area contributed by atoms with Gasteiger partial charge in [0.05, 0.1) is 0 Å². The van der Waals surface area contributed by atoms with E-state index in [4.69, 9.17) is 4.74 Å². The first kappa shape index (κ1) is 9.78. The van der Waals surface area contributed by atoms with E-state index < -0.39 is 0 Å². The minimum absolute atomic E-state index is 0.168. The Labute approximate surface area is 78.6 Å². The molecule has 2 nitrogen and oxygen atoms in total. The first-order valence-electron chi connectivity index (χ1n) is 4.27. The molecule has 1 saturated carbocycles. The molecule has 0 spiro atoms. The van der Waals surface area contributed by atoms with E-state index in [0.717, 1.165) is 12.8 Å². The Morgan fingerprint density at radius 1 is 1.46 bits per heavy atom. The maximum Gasteiger partial charge on any atom is 0.334 e. The SMILES string of the molecule is C=CCOC(=O)C(=C)C1(C=C)CC1. The highest BCUT2D eigenvalue weighted by Crippen LogP contribution is 2.52. The lowest BCUT2D eigenvalue weighted by Gasteiger charge is -2.11. The predicted octanol–water partition coefficient (Wildman–Crippen LogP) is 2.24. The summed E-state index contributed by atoms with van der Waals surface area (Å²) in [6.07, 6.45) is 5.24. The van der Waals surface area contributed by atoms with Crippen molar-refractivity contribution in [2.24, 2.45) is 5.41 Å². The van der Waals surface area contributed by atoms with Crippen molar-refractivity contribution < 1.29 is 9.53 Å². The molecule has 0 radical (unpaired) electrons. The normalized spacial score (nSPS) is 17.2. The number of hydrogen-bond acceptors (Lipinski definition) is 2. The average molecular weight is 178 g/mol. The van der Waals surface area contributed by atoms with E-state index in [9.17, 15) is 4.79 Å². The largest absolute Gasteiger partial charge is 0.458 e. The fraction of sp³-hybridized carbons (Fsp3) is 0.364. The molecule has 0 saturated heterocycles. The molecular formula is C11H14O2. The molecule has 0 N–H and O–H groups in total. The molecule has 0 amide bonds. The molecule has 1 rings (SSSR count). The van der Waals surface area contributed by atoms with Gasteiger partial charge in [0.25, 0.3) is 0 Å². The summed E-state index contributed by atoms with van der Waals surface area (Å²) in [6, 6.07) is 0.